The first kappa shape index (κ1) is 33.5. The van der Waals surface area contributed by atoms with Gasteiger partial charge in [-0.3, -0.25) is 9.69 Å². The molecule has 0 saturated heterocycles. The number of allylic oxidation sites excluding steroid dienone is 3. The highest BCUT2D eigenvalue weighted by Crippen LogP contribution is 2.39. The molecule has 1 N–H and O–H groups in total. The summed E-state index contributed by atoms with van der Waals surface area (Å²) in [5.41, 5.74) is 5.12. The van der Waals surface area contributed by atoms with Crippen molar-refractivity contribution in [3.8, 4) is 17.2 Å². The van der Waals surface area contributed by atoms with Crippen LogP contribution < -0.4 is 14.2 Å². The van der Waals surface area contributed by atoms with Crippen LogP contribution in [0, 0.1) is 0 Å². The Labute approximate surface area is 257 Å². The van der Waals surface area contributed by atoms with Crippen LogP contribution in [-0.2, 0) is 13.0 Å². The van der Waals surface area contributed by atoms with Crippen molar-refractivity contribution in [2.75, 3.05) is 40.5 Å². The largest absolute Gasteiger partial charge is 0.493 e. The van der Waals surface area contributed by atoms with E-state index in [1.54, 1.807) is 20.3 Å². The van der Waals surface area contributed by atoms with Crippen LogP contribution in [0.1, 0.15) is 80.1 Å². The summed E-state index contributed by atoms with van der Waals surface area (Å²) in [6, 6.07) is 11.6. The third kappa shape index (κ3) is 8.29. The van der Waals surface area contributed by atoms with Crippen LogP contribution in [0.15, 0.2) is 61.3 Å². The fourth-order valence-corrected chi connectivity index (χ4v) is 5.35. The molecule has 0 fully saturated rings. The maximum atomic E-state index is 13.2. The van der Waals surface area contributed by atoms with Crippen molar-refractivity contribution in [3.63, 3.8) is 0 Å². The van der Waals surface area contributed by atoms with Crippen LogP contribution in [0.3, 0.4) is 0 Å². The minimum Gasteiger partial charge on any atom is -0.493 e. The van der Waals surface area contributed by atoms with E-state index < -0.39 is 0 Å². The van der Waals surface area contributed by atoms with Gasteiger partial charge in [-0.05, 0) is 81.5 Å². The lowest BCUT2D eigenvalue weighted by Crippen LogP contribution is -2.38. The minimum absolute atomic E-state index is 0.0200. The molecule has 0 aliphatic carbocycles. The van der Waals surface area contributed by atoms with Gasteiger partial charge in [0.25, 0.3) is 5.91 Å². The molecule has 232 valence electrons. The molecule has 3 aromatic rings. The van der Waals surface area contributed by atoms with E-state index in [-0.39, 0.29) is 11.9 Å². The number of nitrogens with zero attached hydrogens (tertiary/aromatic N) is 3. The molecule has 1 aliphatic heterocycles. The molecule has 0 saturated carbocycles. The number of fused-ring (bicyclic) bond motifs is 1. The Morgan fingerprint density at radius 3 is 2.44 bits per heavy atom. The van der Waals surface area contributed by atoms with Crippen molar-refractivity contribution in [2.45, 2.75) is 60.0 Å². The molecular formula is C35H48N4O4. The van der Waals surface area contributed by atoms with Gasteiger partial charge >= 0.3 is 0 Å². The zero-order valence-corrected chi connectivity index (χ0v) is 26.9. The van der Waals surface area contributed by atoms with E-state index >= 15 is 0 Å². The van der Waals surface area contributed by atoms with Crippen LogP contribution in [-0.4, -0.2) is 66.1 Å². The molecule has 2 aromatic carbocycles. The number of aromatic nitrogens is 2. The Morgan fingerprint density at radius 1 is 1.12 bits per heavy atom. The van der Waals surface area contributed by atoms with Crippen LogP contribution in [0.4, 0.5) is 0 Å². The number of ether oxygens (including phenoxy) is 3. The molecule has 1 aromatic heterocycles. The number of para-hydroxylation sites is 1. The average molecular weight is 589 g/mol. The third-order valence-corrected chi connectivity index (χ3v) is 7.56. The number of aromatic amines is 1. The van der Waals surface area contributed by atoms with Gasteiger partial charge in [0.05, 0.1) is 25.8 Å². The summed E-state index contributed by atoms with van der Waals surface area (Å²) in [6.45, 7) is 16.6. The molecule has 8 heteroatoms. The Bertz CT molecular complexity index is 1380. The monoisotopic (exact) mass is 588 g/mol. The highest BCUT2D eigenvalue weighted by atomic mass is 16.5. The highest BCUT2D eigenvalue weighted by Gasteiger charge is 2.31. The minimum atomic E-state index is -0.0702. The number of H-pyrrole nitrogens is 1. The molecule has 0 radical (unpaired) electrons. The lowest BCUT2D eigenvalue weighted by Gasteiger charge is -2.37. The molecule has 2 heterocycles. The summed E-state index contributed by atoms with van der Waals surface area (Å²) in [7, 11) is 3.32. The zero-order chi connectivity index (χ0) is 31.4. The van der Waals surface area contributed by atoms with Gasteiger partial charge in [0.15, 0.2) is 11.5 Å². The third-order valence-electron chi connectivity index (χ3n) is 7.56. The van der Waals surface area contributed by atoms with Gasteiger partial charge in [0, 0.05) is 38.1 Å². The number of methoxy groups -OCH3 is 2. The van der Waals surface area contributed by atoms with Crippen molar-refractivity contribution in [3.05, 3.63) is 89.5 Å². The van der Waals surface area contributed by atoms with Gasteiger partial charge < -0.3 is 24.1 Å². The van der Waals surface area contributed by atoms with Crippen LogP contribution in [0.5, 0.6) is 17.2 Å². The number of carbonyl (C=O) groups excluding carboxylic acids is 1. The number of hydrogen-bond acceptors (Lipinski definition) is 6. The molecule has 8 nitrogen and oxygen atoms in total. The Balaban J connectivity index is 0.00000162. The highest BCUT2D eigenvalue weighted by molar-refractivity contribution is 5.96. The molecule has 1 amide bonds. The smallest absolute Gasteiger partial charge is 0.257 e. The first-order valence-electron chi connectivity index (χ1n) is 15.1. The standard InChI is InChI=1S/C32H42N4O4.C3H6/c1-7-12-22(4)31-33-19-24(34-31)20-36-16-15-23-17-29(38-5)30(39-6)18-26(23)27(36)21-40-28-14-11-10-13-25(28)32(37)35(8-2)9-3;1-3-2/h10-14,17-19,27H,7-9,15-16,20-21H2,1-6H3,(H,33,34);3H,1H2,2H3/b22-12+;. The van der Waals surface area contributed by atoms with Crippen molar-refractivity contribution < 1.29 is 19.0 Å². The number of carbonyl (C=O) groups is 1. The van der Waals surface area contributed by atoms with Crippen LogP contribution in [0.2, 0.25) is 0 Å². The lowest BCUT2D eigenvalue weighted by molar-refractivity contribution is 0.0762. The molecule has 0 bridgehead atoms. The van der Waals surface area contributed by atoms with Crippen molar-refractivity contribution in [1.29, 1.82) is 0 Å². The number of imidazole rings is 1. The number of benzene rings is 2. The fourth-order valence-electron chi connectivity index (χ4n) is 5.35. The van der Waals surface area contributed by atoms with E-state index in [0.717, 1.165) is 47.8 Å². The predicted octanol–water partition coefficient (Wildman–Crippen LogP) is 7.09. The van der Waals surface area contributed by atoms with Gasteiger partial charge in [0.2, 0.25) is 0 Å². The zero-order valence-electron chi connectivity index (χ0n) is 26.9. The molecule has 4 rings (SSSR count). The topological polar surface area (TPSA) is 79.9 Å². The maximum Gasteiger partial charge on any atom is 0.257 e. The molecule has 1 atom stereocenters. The van der Waals surface area contributed by atoms with Gasteiger partial charge in [-0.1, -0.05) is 31.2 Å². The second-order valence-electron chi connectivity index (χ2n) is 10.4. The van der Waals surface area contributed by atoms with Crippen LogP contribution >= 0.6 is 0 Å². The number of nitrogens with one attached hydrogen (secondary N) is 1. The first-order valence-corrected chi connectivity index (χ1v) is 15.1. The number of rotatable bonds is 12. The average Bonchev–Trinajstić information content (AvgIpc) is 3.49. The molecular weight excluding hydrogens is 540 g/mol. The van der Waals surface area contributed by atoms with E-state index in [2.05, 4.69) is 53.5 Å². The van der Waals surface area contributed by atoms with Crippen LogP contribution in [0.25, 0.3) is 5.57 Å². The summed E-state index contributed by atoms with van der Waals surface area (Å²) in [6.07, 6.45) is 7.68. The summed E-state index contributed by atoms with van der Waals surface area (Å²) >= 11 is 0. The molecule has 0 spiro atoms. The summed E-state index contributed by atoms with van der Waals surface area (Å²) in [4.78, 5) is 25.6. The SMILES string of the molecule is C=CC.CC/C=C(\C)c1ncc(CN2CCc3cc(OC)c(OC)cc3C2COc2ccccc2C(=O)N(CC)CC)[nH]1. The first-order chi connectivity index (χ1) is 20.8. The van der Waals surface area contributed by atoms with E-state index in [1.807, 2.05) is 56.1 Å². The maximum absolute atomic E-state index is 13.2. The van der Waals surface area contributed by atoms with Crippen molar-refractivity contribution in [1.82, 2.24) is 19.8 Å². The summed E-state index contributed by atoms with van der Waals surface area (Å²) in [5.74, 6) is 2.89. The Kier molecular flexibility index (Phi) is 12.9. The lowest BCUT2D eigenvalue weighted by atomic mass is 9.92. The summed E-state index contributed by atoms with van der Waals surface area (Å²) < 4.78 is 17.7. The Morgan fingerprint density at radius 2 is 1.79 bits per heavy atom. The van der Waals surface area contributed by atoms with E-state index in [4.69, 9.17) is 14.2 Å². The summed E-state index contributed by atoms with van der Waals surface area (Å²) in [5, 5.41) is 0. The normalized spacial score (nSPS) is 14.7. The second-order valence-corrected chi connectivity index (χ2v) is 10.4. The van der Waals surface area contributed by atoms with Crippen molar-refractivity contribution in [2.24, 2.45) is 0 Å². The van der Waals surface area contributed by atoms with Crippen molar-refractivity contribution >= 4 is 11.5 Å². The van der Waals surface area contributed by atoms with E-state index in [1.165, 1.54) is 5.56 Å². The molecule has 1 unspecified atom stereocenters. The van der Waals surface area contributed by atoms with Gasteiger partial charge in [-0.15, -0.1) is 6.58 Å². The number of hydrogen-bond donors (Lipinski definition) is 1. The second kappa shape index (κ2) is 16.6. The van der Waals surface area contributed by atoms with Gasteiger partial charge in [-0.2, -0.15) is 0 Å². The number of amides is 1. The van der Waals surface area contributed by atoms with E-state index in [0.29, 0.717) is 43.3 Å². The predicted molar refractivity (Wildman–Crippen MR) is 174 cm³/mol. The fraction of sp³-hybridized carbons (Fsp3) is 0.429. The van der Waals surface area contributed by atoms with Gasteiger partial charge in [0.1, 0.15) is 18.2 Å². The quantitative estimate of drug-likeness (QED) is 0.228. The molecule has 43 heavy (non-hydrogen) atoms. The van der Waals surface area contributed by atoms with Gasteiger partial charge in [-0.25, -0.2) is 4.98 Å². The molecule has 1 aliphatic rings. The van der Waals surface area contributed by atoms with E-state index in [9.17, 15) is 4.79 Å². The Hall–Kier alpha value is -4.04.